The molecule has 1 saturated heterocycles. The molecule has 3 amide bonds. The molecule has 0 spiro atoms. The van der Waals surface area contributed by atoms with E-state index in [1.807, 2.05) is 0 Å². The fourth-order valence-electron chi connectivity index (χ4n) is 4.58. The van der Waals surface area contributed by atoms with Crippen molar-refractivity contribution in [3.8, 4) is 0 Å². The highest BCUT2D eigenvalue weighted by Gasteiger charge is 2.48. The number of nitrogens with zero attached hydrogens (tertiary/aromatic N) is 1. The number of hydrogen-bond acceptors (Lipinski definition) is 13. The van der Waals surface area contributed by atoms with E-state index in [1.165, 1.54) is 23.1 Å². The van der Waals surface area contributed by atoms with E-state index in [0.29, 0.717) is 56.5 Å². The highest BCUT2D eigenvalue weighted by Crippen LogP contribution is 2.30. The Morgan fingerprint density at radius 1 is 1.00 bits per heavy atom. The molecule has 0 bridgehead atoms. The molecule has 16 nitrogen and oxygen atoms in total. The third-order valence-corrected chi connectivity index (χ3v) is 6.96. The molecule has 0 unspecified atom stereocenters. The van der Waals surface area contributed by atoms with Gasteiger partial charge in [-0.1, -0.05) is 6.42 Å². The summed E-state index contributed by atoms with van der Waals surface area (Å²) >= 11 is 0. The highest BCUT2D eigenvalue weighted by molar-refractivity contribution is 6.12. The number of carboxylic acids is 1. The van der Waals surface area contributed by atoms with E-state index >= 15 is 0 Å². The lowest BCUT2D eigenvalue weighted by Crippen LogP contribution is -2.60. The molecule has 244 valence electrons. The van der Waals surface area contributed by atoms with Crippen molar-refractivity contribution < 1.29 is 68.1 Å². The number of unbranched alkanes of at least 4 members (excludes halogenated alkanes) is 2. The number of aliphatic carboxylic acids is 1. The van der Waals surface area contributed by atoms with E-state index in [9.17, 15) is 44.4 Å². The van der Waals surface area contributed by atoms with E-state index in [2.05, 4.69) is 5.32 Å². The number of aliphatic hydroxyl groups is 3. The Kier molecular flexibility index (Phi) is 13.8. The van der Waals surface area contributed by atoms with E-state index in [0.717, 1.165) is 0 Å². The van der Waals surface area contributed by atoms with E-state index in [4.69, 9.17) is 23.7 Å². The molecule has 0 radical (unpaired) electrons. The highest BCUT2D eigenvalue weighted by atomic mass is 16.7. The van der Waals surface area contributed by atoms with Gasteiger partial charge in [-0.05, 0) is 19.3 Å². The Labute approximate surface area is 252 Å². The van der Waals surface area contributed by atoms with Crippen LogP contribution >= 0.6 is 0 Å². The number of nitrogens with one attached hydrogen (secondary N) is 1. The smallest absolute Gasteiger partial charge is 0.335 e. The van der Waals surface area contributed by atoms with Crippen LogP contribution in [0, 0.1) is 0 Å². The van der Waals surface area contributed by atoms with Gasteiger partial charge in [0, 0.05) is 49.7 Å². The van der Waals surface area contributed by atoms with E-state index < -0.39 is 36.7 Å². The maximum atomic E-state index is 12.0. The van der Waals surface area contributed by atoms with Gasteiger partial charge in [-0.3, -0.25) is 24.1 Å². The molecule has 16 heteroatoms. The van der Waals surface area contributed by atoms with Gasteiger partial charge in [0.2, 0.25) is 12.2 Å². The van der Waals surface area contributed by atoms with Crippen molar-refractivity contribution in [1.82, 2.24) is 10.2 Å². The van der Waals surface area contributed by atoms with E-state index in [-0.39, 0.29) is 62.9 Å². The van der Waals surface area contributed by atoms with Crippen molar-refractivity contribution in [2.75, 3.05) is 39.5 Å². The number of allylic oxidation sites excluding steroid dienone is 2. The summed E-state index contributed by atoms with van der Waals surface area (Å²) in [5.74, 6) is -1.77. The average Bonchev–Trinajstić information content (AvgIpc) is 3.32. The largest absolute Gasteiger partial charge is 0.491 e. The Morgan fingerprint density at radius 2 is 1.75 bits per heavy atom. The van der Waals surface area contributed by atoms with Gasteiger partial charge < -0.3 is 49.4 Å². The zero-order valence-corrected chi connectivity index (χ0v) is 24.0. The van der Waals surface area contributed by atoms with Gasteiger partial charge in [-0.15, -0.1) is 0 Å². The summed E-state index contributed by atoms with van der Waals surface area (Å²) in [4.78, 5) is 58.2. The number of aliphatic hydroxyl groups excluding tert-OH is 3. The summed E-state index contributed by atoms with van der Waals surface area (Å²) in [6, 6.07) is 0. The molecular formula is C28H38N2O14. The molecule has 2 aliphatic heterocycles. The Balaban J connectivity index is 1.35. The van der Waals surface area contributed by atoms with Gasteiger partial charge in [0.1, 0.15) is 43.0 Å². The first-order valence-corrected chi connectivity index (χ1v) is 14.2. The standard InChI is InChI=1S/C28H38N2O14/c31-16-41-15-17-5-6-18(43-28-25(37)23(35)24(36)26(44-28)27(38)39)14-19(17)42-13-12-40-11-9-29-20(32)4-2-1-3-10-30-21(33)7-8-22(30)34/h7-8,14,16,23-26,28,35-37H,1-6,9-13,15H2,(H,29,32)(H,38,39)/t23-,24-,25+,26-,28+/m0/s1. The minimum atomic E-state index is -1.85. The second kappa shape index (κ2) is 17.5. The van der Waals surface area contributed by atoms with Crippen LogP contribution in [0.1, 0.15) is 38.5 Å². The summed E-state index contributed by atoms with van der Waals surface area (Å²) in [6.45, 7) is 1.32. The maximum absolute atomic E-state index is 12.0. The molecule has 5 atom stereocenters. The molecular weight excluding hydrogens is 588 g/mol. The second-order valence-electron chi connectivity index (χ2n) is 10.1. The van der Waals surface area contributed by atoms with Crippen molar-refractivity contribution >= 4 is 30.2 Å². The molecule has 0 aromatic heterocycles. The quantitative estimate of drug-likeness (QED) is 0.0634. The molecule has 44 heavy (non-hydrogen) atoms. The van der Waals surface area contributed by atoms with Gasteiger partial charge in [0.05, 0.1) is 13.2 Å². The van der Waals surface area contributed by atoms with Crippen molar-refractivity contribution in [1.29, 1.82) is 0 Å². The normalized spacial score (nSPS) is 25.1. The molecule has 0 saturated carbocycles. The topological polar surface area (TPSA) is 228 Å². The average molecular weight is 627 g/mol. The third kappa shape index (κ3) is 10.1. The van der Waals surface area contributed by atoms with Crippen LogP contribution in [-0.4, -0.2) is 126 Å². The lowest BCUT2D eigenvalue weighted by Gasteiger charge is -2.39. The number of rotatable bonds is 19. The predicted molar refractivity (Wildman–Crippen MR) is 146 cm³/mol. The Morgan fingerprint density at radius 3 is 2.45 bits per heavy atom. The molecule has 3 aliphatic rings. The predicted octanol–water partition coefficient (Wildman–Crippen LogP) is -1.37. The van der Waals surface area contributed by atoms with Gasteiger partial charge >= 0.3 is 5.97 Å². The first-order chi connectivity index (χ1) is 21.1. The number of amides is 3. The van der Waals surface area contributed by atoms with Crippen LogP contribution in [0.4, 0.5) is 0 Å². The SMILES string of the molecule is O=COCC1=C(OCCOCCNC(=O)CCCCCN2C(=O)C=CC2=O)C=C(O[C@@H]2O[C@H](C(=O)O)[C@@H](O)[C@H](O)[C@H]2O)CC1. The molecule has 0 aromatic rings. The van der Waals surface area contributed by atoms with Crippen molar-refractivity contribution in [3.05, 3.63) is 35.3 Å². The molecule has 5 N–H and O–H groups in total. The summed E-state index contributed by atoms with van der Waals surface area (Å²) in [5, 5.41) is 42.0. The molecule has 1 aliphatic carbocycles. The number of imide groups is 1. The van der Waals surface area contributed by atoms with Crippen LogP contribution in [0.15, 0.2) is 35.3 Å². The fraction of sp³-hybridized carbons (Fsp3) is 0.607. The van der Waals surface area contributed by atoms with Gasteiger partial charge in [0.25, 0.3) is 18.3 Å². The summed E-state index contributed by atoms with van der Waals surface area (Å²) < 4.78 is 26.9. The number of hydrogen-bond donors (Lipinski definition) is 5. The molecule has 1 fully saturated rings. The lowest BCUT2D eigenvalue weighted by atomic mass is 9.98. The number of carbonyl (C=O) groups is 5. The molecule has 3 rings (SSSR count). The van der Waals surface area contributed by atoms with Crippen molar-refractivity contribution in [2.24, 2.45) is 0 Å². The number of carbonyl (C=O) groups excluding carboxylic acids is 4. The monoisotopic (exact) mass is 626 g/mol. The summed E-state index contributed by atoms with van der Waals surface area (Å²) in [5.41, 5.74) is 0.635. The zero-order valence-electron chi connectivity index (χ0n) is 24.0. The van der Waals surface area contributed by atoms with Gasteiger partial charge in [-0.2, -0.15) is 0 Å². The van der Waals surface area contributed by atoms with Gasteiger partial charge in [-0.25, -0.2) is 4.79 Å². The van der Waals surface area contributed by atoms with Crippen LogP contribution in [0.5, 0.6) is 0 Å². The molecule has 2 heterocycles. The van der Waals surface area contributed by atoms with Crippen LogP contribution in [-0.2, 0) is 47.7 Å². The second-order valence-corrected chi connectivity index (χ2v) is 10.1. The Bertz CT molecular complexity index is 1120. The summed E-state index contributed by atoms with van der Waals surface area (Å²) in [7, 11) is 0. The Hall–Kier alpha value is -3.83. The fourth-order valence-corrected chi connectivity index (χ4v) is 4.58. The number of ether oxygens (including phenoxy) is 5. The van der Waals surface area contributed by atoms with Crippen molar-refractivity contribution in [2.45, 2.75) is 69.2 Å². The van der Waals surface area contributed by atoms with Crippen LogP contribution in [0.3, 0.4) is 0 Å². The first-order valence-electron chi connectivity index (χ1n) is 14.2. The zero-order chi connectivity index (χ0) is 32.1. The van der Waals surface area contributed by atoms with Crippen LogP contribution in [0.2, 0.25) is 0 Å². The molecule has 0 aromatic carbocycles. The van der Waals surface area contributed by atoms with Crippen molar-refractivity contribution in [3.63, 3.8) is 0 Å². The minimum absolute atomic E-state index is 0.0459. The summed E-state index contributed by atoms with van der Waals surface area (Å²) in [6.07, 6.45) is -1.99. The third-order valence-electron chi connectivity index (χ3n) is 6.96. The van der Waals surface area contributed by atoms with Crippen LogP contribution < -0.4 is 5.32 Å². The number of carboxylic acid groups (broad SMARTS) is 1. The maximum Gasteiger partial charge on any atom is 0.335 e. The van der Waals surface area contributed by atoms with E-state index in [1.54, 1.807) is 0 Å². The lowest BCUT2D eigenvalue weighted by molar-refractivity contribution is -0.285. The first kappa shape index (κ1) is 34.7. The minimum Gasteiger partial charge on any atom is -0.491 e. The van der Waals surface area contributed by atoms with Crippen LogP contribution in [0.25, 0.3) is 0 Å². The van der Waals surface area contributed by atoms with Gasteiger partial charge in [0.15, 0.2) is 6.10 Å².